The van der Waals surface area contributed by atoms with Crippen LogP contribution in [-0.2, 0) is 18.3 Å². The molecule has 1 aromatic rings. The average Bonchev–Trinajstić information content (AvgIpc) is 2.17. The van der Waals surface area contributed by atoms with E-state index in [0.29, 0.717) is 10.8 Å². The monoisotopic (exact) mass is 188 g/mol. The number of halogens is 1. The lowest BCUT2D eigenvalue weighted by molar-refractivity contribution is -0.136. The highest BCUT2D eigenvalue weighted by molar-refractivity contribution is 6.30. The highest BCUT2D eigenvalue weighted by Gasteiger charge is 2.12. The molecule has 4 nitrogen and oxygen atoms in total. The summed E-state index contributed by atoms with van der Waals surface area (Å²) in [4.78, 5) is 14.3. The molecule has 0 bridgehead atoms. The zero-order valence-corrected chi connectivity index (χ0v) is 7.59. The fourth-order valence-electron chi connectivity index (χ4n) is 0.908. The van der Waals surface area contributed by atoms with Crippen LogP contribution in [0, 0.1) is 6.92 Å². The SMILES string of the molecule is Cc1nc(CC(=O)O)c(Cl)n1C. The largest absolute Gasteiger partial charge is 0.481 e. The molecule has 0 aliphatic carbocycles. The fourth-order valence-corrected chi connectivity index (χ4v) is 1.14. The van der Waals surface area contributed by atoms with Crippen LogP contribution in [0.25, 0.3) is 0 Å². The topological polar surface area (TPSA) is 55.1 Å². The van der Waals surface area contributed by atoms with E-state index in [9.17, 15) is 4.79 Å². The summed E-state index contributed by atoms with van der Waals surface area (Å²) in [5.41, 5.74) is 0.421. The third kappa shape index (κ3) is 1.58. The van der Waals surface area contributed by atoms with Crippen LogP contribution < -0.4 is 0 Å². The van der Waals surface area contributed by atoms with E-state index in [-0.39, 0.29) is 6.42 Å². The van der Waals surface area contributed by atoms with Gasteiger partial charge in [-0.25, -0.2) is 4.98 Å². The summed E-state index contributed by atoms with van der Waals surface area (Å²) in [5.74, 6) is -0.203. The summed E-state index contributed by atoms with van der Waals surface area (Å²) in [7, 11) is 1.75. The number of carboxylic acid groups (broad SMARTS) is 1. The van der Waals surface area contributed by atoms with E-state index in [2.05, 4.69) is 4.98 Å². The number of aromatic nitrogens is 2. The normalized spacial score (nSPS) is 10.2. The van der Waals surface area contributed by atoms with Crippen molar-refractivity contribution in [2.24, 2.45) is 7.05 Å². The van der Waals surface area contributed by atoms with E-state index >= 15 is 0 Å². The molecule has 0 fully saturated rings. The van der Waals surface area contributed by atoms with Gasteiger partial charge in [-0.3, -0.25) is 4.79 Å². The predicted octanol–water partition coefficient (Wildman–Crippen LogP) is 1.01. The van der Waals surface area contributed by atoms with Gasteiger partial charge in [0, 0.05) is 7.05 Å². The summed E-state index contributed by atoms with van der Waals surface area (Å²) in [6.07, 6.45) is -0.124. The first kappa shape index (κ1) is 9.06. The molecule has 0 saturated carbocycles. The highest BCUT2D eigenvalue weighted by Crippen LogP contribution is 2.16. The van der Waals surface area contributed by atoms with Gasteiger partial charge in [-0.2, -0.15) is 0 Å². The summed E-state index contributed by atoms with van der Waals surface area (Å²) >= 11 is 5.80. The minimum Gasteiger partial charge on any atom is -0.481 e. The number of imidazole rings is 1. The van der Waals surface area contributed by atoms with Gasteiger partial charge in [0.15, 0.2) is 0 Å². The molecule has 66 valence electrons. The van der Waals surface area contributed by atoms with Gasteiger partial charge in [-0.1, -0.05) is 11.6 Å². The van der Waals surface area contributed by atoms with Crippen molar-refractivity contribution in [1.29, 1.82) is 0 Å². The molecule has 0 radical (unpaired) electrons. The average molecular weight is 189 g/mol. The first-order chi connectivity index (χ1) is 5.52. The van der Waals surface area contributed by atoms with Gasteiger partial charge >= 0.3 is 5.97 Å². The molecule has 0 aliphatic rings. The van der Waals surface area contributed by atoms with Crippen LogP contribution in [0.3, 0.4) is 0 Å². The van der Waals surface area contributed by atoms with E-state index in [0.717, 1.165) is 5.82 Å². The van der Waals surface area contributed by atoms with Gasteiger partial charge in [0.25, 0.3) is 0 Å². The summed E-state index contributed by atoms with van der Waals surface area (Å²) < 4.78 is 1.65. The van der Waals surface area contributed by atoms with Crippen molar-refractivity contribution >= 4 is 17.6 Å². The van der Waals surface area contributed by atoms with Gasteiger partial charge in [0.05, 0.1) is 12.1 Å². The van der Waals surface area contributed by atoms with Gasteiger partial charge < -0.3 is 9.67 Å². The van der Waals surface area contributed by atoms with Crippen molar-refractivity contribution in [3.05, 3.63) is 16.7 Å². The summed E-state index contributed by atoms with van der Waals surface area (Å²) in [5, 5.41) is 8.88. The summed E-state index contributed by atoms with van der Waals surface area (Å²) in [6.45, 7) is 1.78. The van der Waals surface area contributed by atoms with Gasteiger partial charge in [0.2, 0.25) is 0 Å². The van der Waals surface area contributed by atoms with Gasteiger partial charge in [-0.05, 0) is 6.92 Å². The van der Waals surface area contributed by atoms with E-state index < -0.39 is 5.97 Å². The molecule has 0 saturated heterocycles. The third-order valence-electron chi connectivity index (χ3n) is 1.63. The van der Waals surface area contributed by atoms with Crippen LogP contribution in [0.5, 0.6) is 0 Å². The zero-order valence-electron chi connectivity index (χ0n) is 6.83. The second-order valence-corrected chi connectivity index (χ2v) is 2.88. The number of aliphatic carboxylic acids is 1. The second-order valence-electron chi connectivity index (χ2n) is 2.53. The Morgan fingerprint density at radius 2 is 2.33 bits per heavy atom. The maximum Gasteiger partial charge on any atom is 0.309 e. The molecular weight excluding hydrogens is 180 g/mol. The van der Waals surface area contributed by atoms with E-state index in [1.165, 1.54) is 0 Å². The molecular formula is C7H9ClN2O2. The smallest absolute Gasteiger partial charge is 0.309 e. The Balaban J connectivity index is 3.01. The Kier molecular flexibility index (Phi) is 2.38. The van der Waals surface area contributed by atoms with Crippen LogP contribution >= 0.6 is 11.6 Å². The van der Waals surface area contributed by atoms with Gasteiger partial charge in [-0.15, -0.1) is 0 Å². The Labute approximate surface area is 74.8 Å². The molecule has 1 rings (SSSR count). The second kappa shape index (κ2) is 3.15. The number of nitrogens with zero attached hydrogens (tertiary/aromatic N) is 2. The van der Waals surface area contributed by atoms with Crippen LogP contribution in [0.4, 0.5) is 0 Å². The molecule has 12 heavy (non-hydrogen) atoms. The lowest BCUT2D eigenvalue weighted by atomic mass is 10.3. The quantitative estimate of drug-likeness (QED) is 0.754. The van der Waals surface area contributed by atoms with Crippen molar-refractivity contribution in [2.45, 2.75) is 13.3 Å². The zero-order chi connectivity index (χ0) is 9.30. The van der Waals surface area contributed by atoms with Crippen molar-refractivity contribution in [1.82, 2.24) is 9.55 Å². The Bertz CT molecular complexity index is 319. The van der Waals surface area contributed by atoms with Crippen LogP contribution in [0.1, 0.15) is 11.5 Å². The first-order valence-electron chi connectivity index (χ1n) is 3.42. The van der Waals surface area contributed by atoms with Crippen molar-refractivity contribution in [3.8, 4) is 0 Å². The Hall–Kier alpha value is -1.03. The van der Waals surface area contributed by atoms with Crippen LogP contribution in [-0.4, -0.2) is 20.6 Å². The Morgan fingerprint density at radius 1 is 1.75 bits per heavy atom. The molecule has 0 aromatic carbocycles. The standard InChI is InChI=1S/C7H9ClN2O2/c1-4-9-5(3-6(11)12)7(8)10(4)2/h3H2,1-2H3,(H,11,12). The number of carboxylic acids is 1. The number of hydrogen-bond acceptors (Lipinski definition) is 2. The van der Waals surface area contributed by atoms with Crippen molar-refractivity contribution in [3.63, 3.8) is 0 Å². The molecule has 1 N–H and O–H groups in total. The molecule has 0 spiro atoms. The predicted molar refractivity (Wildman–Crippen MR) is 44.3 cm³/mol. The number of aryl methyl sites for hydroxylation is 1. The number of carbonyl (C=O) groups is 1. The lowest BCUT2D eigenvalue weighted by Crippen LogP contribution is -2.01. The lowest BCUT2D eigenvalue weighted by Gasteiger charge is -1.94. The van der Waals surface area contributed by atoms with Crippen molar-refractivity contribution in [2.75, 3.05) is 0 Å². The minimum atomic E-state index is -0.921. The van der Waals surface area contributed by atoms with E-state index in [1.54, 1.807) is 18.5 Å². The highest BCUT2D eigenvalue weighted by atomic mass is 35.5. The van der Waals surface area contributed by atoms with Crippen LogP contribution in [0.15, 0.2) is 0 Å². The van der Waals surface area contributed by atoms with E-state index in [1.807, 2.05) is 0 Å². The summed E-state index contributed by atoms with van der Waals surface area (Å²) in [6, 6.07) is 0. The number of hydrogen-bond donors (Lipinski definition) is 1. The third-order valence-corrected chi connectivity index (χ3v) is 2.11. The molecule has 0 unspecified atom stereocenters. The first-order valence-corrected chi connectivity index (χ1v) is 3.79. The van der Waals surface area contributed by atoms with Crippen molar-refractivity contribution < 1.29 is 9.90 Å². The molecule has 0 amide bonds. The molecule has 1 heterocycles. The minimum absolute atomic E-state index is 0.124. The molecule has 1 aromatic heterocycles. The molecule has 5 heteroatoms. The van der Waals surface area contributed by atoms with E-state index in [4.69, 9.17) is 16.7 Å². The van der Waals surface area contributed by atoms with Crippen LogP contribution in [0.2, 0.25) is 5.15 Å². The Morgan fingerprint density at radius 3 is 2.67 bits per heavy atom. The fraction of sp³-hybridized carbons (Fsp3) is 0.429. The molecule has 0 aliphatic heterocycles. The molecule has 0 atom stereocenters. The maximum absolute atomic E-state index is 10.3. The van der Waals surface area contributed by atoms with Gasteiger partial charge in [0.1, 0.15) is 11.0 Å². The maximum atomic E-state index is 10.3. The number of rotatable bonds is 2.